The molecule has 0 aromatic heterocycles. The van der Waals surface area contributed by atoms with E-state index < -0.39 is 17.8 Å². The van der Waals surface area contributed by atoms with Crippen LogP contribution in [0, 0.1) is 13.8 Å². The SMILES string of the molecule is Cc1cc(OC(=O)c2ccc(NC3=C(Cl)C(=O)N(C4CCCCC4)C3=O)cc2)cc(C)c1Cl. The Labute approximate surface area is 202 Å². The van der Waals surface area contributed by atoms with Crippen LogP contribution in [0.5, 0.6) is 5.75 Å². The van der Waals surface area contributed by atoms with Crippen molar-refractivity contribution in [3.05, 3.63) is 68.8 Å². The molecule has 0 bridgehead atoms. The first-order chi connectivity index (χ1) is 15.8. The molecule has 2 aromatic carbocycles. The summed E-state index contributed by atoms with van der Waals surface area (Å²) >= 11 is 12.4. The Morgan fingerprint density at radius 3 is 2.18 bits per heavy atom. The lowest BCUT2D eigenvalue weighted by molar-refractivity contribution is -0.140. The molecule has 6 nitrogen and oxygen atoms in total. The largest absolute Gasteiger partial charge is 0.423 e. The van der Waals surface area contributed by atoms with Crippen LogP contribution in [0.2, 0.25) is 5.02 Å². The Kier molecular flexibility index (Phi) is 6.77. The number of nitrogens with one attached hydrogen (secondary N) is 1. The number of amides is 2. The predicted molar refractivity (Wildman–Crippen MR) is 128 cm³/mol. The van der Waals surface area contributed by atoms with Crippen LogP contribution in [0.4, 0.5) is 5.69 Å². The van der Waals surface area contributed by atoms with Crippen molar-refractivity contribution in [2.24, 2.45) is 0 Å². The van der Waals surface area contributed by atoms with Crippen molar-refractivity contribution in [1.29, 1.82) is 0 Å². The van der Waals surface area contributed by atoms with Gasteiger partial charge in [-0.3, -0.25) is 14.5 Å². The number of benzene rings is 2. The molecule has 2 amide bonds. The molecule has 1 fully saturated rings. The molecular weight excluding hydrogens is 463 g/mol. The van der Waals surface area contributed by atoms with Crippen LogP contribution in [0.25, 0.3) is 0 Å². The second-order valence-electron chi connectivity index (χ2n) is 8.42. The normalized spacial score (nSPS) is 17.0. The van der Waals surface area contributed by atoms with Crippen molar-refractivity contribution in [3.8, 4) is 5.75 Å². The third-order valence-corrected chi connectivity index (χ3v) is 6.96. The maximum absolute atomic E-state index is 12.9. The van der Waals surface area contributed by atoms with E-state index in [1.807, 2.05) is 13.8 Å². The van der Waals surface area contributed by atoms with Gasteiger partial charge in [0.05, 0.1) is 5.56 Å². The van der Waals surface area contributed by atoms with E-state index in [9.17, 15) is 14.4 Å². The molecule has 1 aliphatic carbocycles. The smallest absolute Gasteiger partial charge is 0.343 e. The molecule has 172 valence electrons. The second kappa shape index (κ2) is 9.57. The van der Waals surface area contributed by atoms with Gasteiger partial charge < -0.3 is 10.1 Å². The van der Waals surface area contributed by atoms with Crippen molar-refractivity contribution in [2.75, 3.05) is 5.32 Å². The summed E-state index contributed by atoms with van der Waals surface area (Å²) in [4.78, 5) is 39.3. The zero-order valence-corrected chi connectivity index (χ0v) is 19.9. The van der Waals surface area contributed by atoms with Gasteiger partial charge >= 0.3 is 5.97 Å². The maximum atomic E-state index is 12.9. The van der Waals surface area contributed by atoms with E-state index in [2.05, 4.69) is 5.32 Å². The van der Waals surface area contributed by atoms with E-state index in [1.54, 1.807) is 36.4 Å². The maximum Gasteiger partial charge on any atom is 0.343 e. The molecule has 0 unspecified atom stereocenters. The van der Waals surface area contributed by atoms with Crippen LogP contribution in [-0.4, -0.2) is 28.7 Å². The standard InChI is InChI=1S/C25H24Cl2N2O4/c1-14-12-19(13-15(2)20(14)26)33-25(32)16-8-10-17(11-9-16)28-22-21(27)23(30)29(24(22)31)18-6-4-3-5-7-18/h8-13,18,28H,3-7H2,1-2H3. The minimum atomic E-state index is -0.518. The van der Waals surface area contributed by atoms with Gasteiger partial charge in [-0.25, -0.2) is 4.79 Å². The van der Waals surface area contributed by atoms with Crippen LogP contribution in [0.1, 0.15) is 53.6 Å². The predicted octanol–water partition coefficient (Wildman–Crippen LogP) is 5.74. The van der Waals surface area contributed by atoms with Gasteiger partial charge in [-0.1, -0.05) is 42.5 Å². The fourth-order valence-electron chi connectivity index (χ4n) is 4.26. The van der Waals surface area contributed by atoms with Crippen molar-refractivity contribution in [1.82, 2.24) is 4.90 Å². The minimum Gasteiger partial charge on any atom is -0.423 e. The van der Waals surface area contributed by atoms with Gasteiger partial charge in [-0.15, -0.1) is 0 Å². The summed E-state index contributed by atoms with van der Waals surface area (Å²) in [5.74, 6) is -0.967. The Morgan fingerprint density at radius 2 is 1.58 bits per heavy atom. The molecule has 4 rings (SSSR count). The fourth-order valence-corrected chi connectivity index (χ4v) is 4.59. The first-order valence-corrected chi connectivity index (χ1v) is 11.7. The van der Waals surface area contributed by atoms with Gasteiger partial charge in [-0.05, 0) is 74.2 Å². The van der Waals surface area contributed by atoms with Gasteiger partial charge in [0.25, 0.3) is 11.8 Å². The number of halogens is 2. The number of aryl methyl sites for hydroxylation is 2. The summed E-state index contributed by atoms with van der Waals surface area (Å²) in [6.45, 7) is 3.69. The first-order valence-electron chi connectivity index (χ1n) is 10.9. The molecule has 0 radical (unpaired) electrons. The van der Waals surface area contributed by atoms with Crippen LogP contribution in [0.15, 0.2) is 47.1 Å². The summed E-state index contributed by atoms with van der Waals surface area (Å²) in [5.41, 5.74) is 2.58. The lowest BCUT2D eigenvalue weighted by Crippen LogP contribution is -2.42. The van der Waals surface area contributed by atoms with Crippen molar-refractivity contribution < 1.29 is 19.1 Å². The highest BCUT2D eigenvalue weighted by atomic mass is 35.5. The van der Waals surface area contributed by atoms with E-state index in [0.717, 1.165) is 43.2 Å². The Bertz CT molecular complexity index is 1130. The van der Waals surface area contributed by atoms with E-state index in [0.29, 0.717) is 22.0 Å². The van der Waals surface area contributed by atoms with Crippen molar-refractivity contribution in [2.45, 2.75) is 52.0 Å². The number of hydrogen-bond acceptors (Lipinski definition) is 5. The van der Waals surface area contributed by atoms with Gasteiger partial charge in [-0.2, -0.15) is 0 Å². The number of ether oxygens (including phenoxy) is 1. The van der Waals surface area contributed by atoms with Crippen LogP contribution >= 0.6 is 23.2 Å². The molecule has 0 atom stereocenters. The van der Waals surface area contributed by atoms with E-state index in [4.69, 9.17) is 27.9 Å². The average molecular weight is 487 g/mol. The van der Waals surface area contributed by atoms with Gasteiger partial charge in [0.1, 0.15) is 16.5 Å². The summed E-state index contributed by atoms with van der Waals surface area (Å²) in [7, 11) is 0. The highest BCUT2D eigenvalue weighted by Crippen LogP contribution is 2.32. The van der Waals surface area contributed by atoms with Crippen LogP contribution in [-0.2, 0) is 9.59 Å². The number of rotatable bonds is 5. The molecule has 0 saturated heterocycles. The zero-order chi connectivity index (χ0) is 23.7. The fraction of sp³-hybridized carbons (Fsp3) is 0.320. The molecule has 0 spiro atoms. The monoisotopic (exact) mass is 486 g/mol. The molecule has 33 heavy (non-hydrogen) atoms. The molecular formula is C25H24Cl2N2O4. The number of carbonyl (C=O) groups excluding carboxylic acids is 3. The van der Waals surface area contributed by atoms with E-state index in [1.165, 1.54) is 4.90 Å². The lowest BCUT2D eigenvalue weighted by Gasteiger charge is -2.29. The molecule has 2 aliphatic rings. The lowest BCUT2D eigenvalue weighted by atomic mass is 9.94. The Hall–Kier alpha value is -2.83. The van der Waals surface area contributed by atoms with E-state index in [-0.39, 0.29) is 16.8 Å². The Balaban J connectivity index is 1.44. The number of hydrogen-bond donors (Lipinski definition) is 1. The molecule has 1 heterocycles. The third-order valence-electron chi connectivity index (χ3n) is 6.01. The quantitative estimate of drug-likeness (QED) is 0.331. The third kappa shape index (κ3) is 4.77. The van der Waals surface area contributed by atoms with Crippen molar-refractivity contribution >= 4 is 46.7 Å². The van der Waals surface area contributed by atoms with Crippen LogP contribution < -0.4 is 10.1 Å². The van der Waals surface area contributed by atoms with Gasteiger partial charge in [0.2, 0.25) is 0 Å². The minimum absolute atomic E-state index is 0.0645. The highest BCUT2D eigenvalue weighted by Gasteiger charge is 2.42. The topological polar surface area (TPSA) is 75.7 Å². The number of nitrogens with zero attached hydrogens (tertiary/aromatic N) is 1. The highest BCUT2D eigenvalue weighted by molar-refractivity contribution is 6.48. The number of imide groups is 1. The molecule has 1 saturated carbocycles. The average Bonchev–Trinajstić information content (AvgIpc) is 3.01. The molecule has 1 N–H and O–H groups in total. The van der Waals surface area contributed by atoms with Crippen LogP contribution in [0.3, 0.4) is 0 Å². The van der Waals surface area contributed by atoms with Gasteiger partial charge in [0, 0.05) is 16.8 Å². The number of anilines is 1. The summed E-state index contributed by atoms with van der Waals surface area (Å²) in [6, 6.07) is 9.73. The second-order valence-corrected chi connectivity index (χ2v) is 9.18. The molecule has 2 aromatic rings. The van der Waals surface area contributed by atoms with E-state index >= 15 is 0 Å². The van der Waals surface area contributed by atoms with Crippen molar-refractivity contribution in [3.63, 3.8) is 0 Å². The summed E-state index contributed by atoms with van der Waals surface area (Å²) in [6.07, 6.45) is 4.71. The summed E-state index contributed by atoms with van der Waals surface area (Å²) in [5, 5.41) is 3.48. The number of carbonyl (C=O) groups is 3. The molecule has 1 aliphatic heterocycles. The van der Waals surface area contributed by atoms with Gasteiger partial charge in [0.15, 0.2) is 0 Å². The first kappa shape index (κ1) is 23.3. The zero-order valence-electron chi connectivity index (χ0n) is 18.4. The number of esters is 1. The summed E-state index contributed by atoms with van der Waals surface area (Å²) < 4.78 is 5.47. The molecule has 8 heteroatoms. The Morgan fingerprint density at radius 1 is 0.970 bits per heavy atom.